The fraction of sp³-hybridized carbons (Fsp3) is 0.738. The molecule has 2 aromatic rings. The van der Waals surface area contributed by atoms with Gasteiger partial charge in [0.2, 0.25) is 5.91 Å². The summed E-state index contributed by atoms with van der Waals surface area (Å²) in [7, 11) is 1.48. The predicted molar refractivity (Wildman–Crippen MR) is 202 cm³/mol. The number of nitrogens with one attached hydrogen (secondary N) is 2. The summed E-state index contributed by atoms with van der Waals surface area (Å²) in [5, 5.41) is 2.96. The third-order valence-electron chi connectivity index (χ3n) is 13.4. The zero-order chi connectivity index (χ0) is 38.9. The van der Waals surface area contributed by atoms with Crippen molar-refractivity contribution in [1.29, 1.82) is 0 Å². The number of fused-ring (bicyclic) bond motifs is 1. The lowest BCUT2D eigenvalue weighted by Gasteiger charge is -2.35. The van der Waals surface area contributed by atoms with Crippen molar-refractivity contribution < 1.29 is 32.6 Å². The summed E-state index contributed by atoms with van der Waals surface area (Å²) >= 11 is 0. The first kappa shape index (κ1) is 40.1. The van der Waals surface area contributed by atoms with Crippen molar-refractivity contribution in [2.24, 2.45) is 22.7 Å². The number of alkyl halides is 2. The zero-order valence-corrected chi connectivity index (χ0v) is 32.9. The highest BCUT2D eigenvalue weighted by Gasteiger charge is 2.68. The summed E-state index contributed by atoms with van der Waals surface area (Å²) in [6, 6.07) is 3.48. The number of hydrogen-bond donors (Lipinski definition) is 2. The highest BCUT2D eigenvalue weighted by Crippen LogP contribution is 2.70. The summed E-state index contributed by atoms with van der Waals surface area (Å²) in [5.41, 5.74) is -2.34. The Bertz CT molecular complexity index is 1760. The van der Waals surface area contributed by atoms with Gasteiger partial charge in [0.25, 0.3) is 11.5 Å². The average Bonchev–Trinajstić information content (AvgIpc) is 3.99. The maximum Gasteiger partial charge on any atom is 0.408 e. The van der Waals surface area contributed by atoms with Crippen LogP contribution < -0.4 is 15.6 Å². The van der Waals surface area contributed by atoms with Crippen molar-refractivity contribution >= 4 is 28.8 Å². The fourth-order valence-electron chi connectivity index (χ4n) is 9.84. The van der Waals surface area contributed by atoms with Crippen molar-refractivity contribution in [2.45, 2.75) is 160 Å². The lowest BCUT2D eigenvalue weighted by Crippen LogP contribution is -2.54. The van der Waals surface area contributed by atoms with E-state index in [0.717, 1.165) is 70.6 Å². The van der Waals surface area contributed by atoms with Gasteiger partial charge in [0.1, 0.15) is 17.4 Å². The molecule has 1 saturated heterocycles. The molecule has 2 N–H and O–H groups in total. The molecule has 54 heavy (non-hydrogen) atoms. The fourth-order valence-corrected chi connectivity index (χ4v) is 9.84. The molecule has 2 spiro atoms. The maximum atomic E-state index is 15.4. The number of unbranched alkanes of at least 4 members (excludes halogenated alkanes) is 5. The largest absolute Gasteiger partial charge is 0.497 e. The summed E-state index contributed by atoms with van der Waals surface area (Å²) in [4.78, 5) is 62.4. The second kappa shape index (κ2) is 15.9. The van der Waals surface area contributed by atoms with E-state index in [1.54, 1.807) is 23.1 Å². The first-order valence-electron chi connectivity index (χ1n) is 20.5. The van der Waals surface area contributed by atoms with Crippen molar-refractivity contribution in [3.63, 3.8) is 0 Å². The van der Waals surface area contributed by atoms with Crippen molar-refractivity contribution in [3.05, 3.63) is 34.2 Å². The number of amides is 2. The van der Waals surface area contributed by atoms with E-state index in [1.165, 1.54) is 13.5 Å². The number of H-pyrrole nitrogens is 1. The van der Waals surface area contributed by atoms with Gasteiger partial charge in [-0.25, -0.2) is 9.78 Å². The molecule has 3 aliphatic carbocycles. The molecule has 1 aromatic heterocycles. The Labute approximate surface area is 317 Å². The van der Waals surface area contributed by atoms with Crippen LogP contribution in [0.3, 0.4) is 0 Å². The minimum atomic E-state index is -3.41. The van der Waals surface area contributed by atoms with Crippen LogP contribution in [0.2, 0.25) is 0 Å². The number of carbonyl (C=O) groups is 3. The van der Waals surface area contributed by atoms with Gasteiger partial charge in [-0.05, 0) is 94.6 Å². The summed E-state index contributed by atoms with van der Waals surface area (Å²) in [6.07, 6.45) is 12.1. The first-order chi connectivity index (χ1) is 25.7. The second-order valence-corrected chi connectivity index (χ2v) is 17.3. The van der Waals surface area contributed by atoms with Crippen LogP contribution in [-0.2, 0) is 20.2 Å². The Morgan fingerprint density at radius 3 is 2.50 bits per heavy atom. The molecule has 4 fully saturated rings. The number of Topliss-reactive ketones (excluding diaryl/α,β-unsaturated/α-hetero) is 1. The Morgan fingerprint density at radius 2 is 1.80 bits per heavy atom. The molecule has 2 heterocycles. The summed E-state index contributed by atoms with van der Waals surface area (Å²) < 4.78 is 42.3. The normalized spacial score (nSPS) is 26.1. The van der Waals surface area contributed by atoms with Crippen LogP contribution in [0.1, 0.15) is 143 Å². The number of aromatic nitrogens is 2. The minimum absolute atomic E-state index is 0.0959. The summed E-state index contributed by atoms with van der Waals surface area (Å²) in [6.45, 7) is 8.41. The highest BCUT2D eigenvalue weighted by molar-refractivity contribution is 5.94. The molecule has 0 bridgehead atoms. The van der Waals surface area contributed by atoms with Gasteiger partial charge in [-0.1, -0.05) is 59.3 Å². The Morgan fingerprint density at radius 1 is 1.06 bits per heavy atom. The number of nitrogens with zero attached hydrogens (tertiary/aromatic N) is 2. The van der Waals surface area contributed by atoms with Crippen LogP contribution in [0.25, 0.3) is 11.0 Å². The molecule has 4 unspecified atom stereocenters. The van der Waals surface area contributed by atoms with E-state index in [9.17, 15) is 19.2 Å². The topological polar surface area (TPSA) is 131 Å². The number of alkyl carbamates (subject to hydrolysis) is 1. The van der Waals surface area contributed by atoms with Crippen LogP contribution in [0.5, 0.6) is 5.75 Å². The Kier molecular flexibility index (Phi) is 11.8. The molecule has 12 heteroatoms. The zero-order valence-electron chi connectivity index (χ0n) is 32.9. The Hall–Kier alpha value is -3.57. The van der Waals surface area contributed by atoms with Gasteiger partial charge in [-0.2, -0.15) is 8.78 Å². The second-order valence-electron chi connectivity index (χ2n) is 17.3. The molecule has 6 rings (SSSR count). The first-order valence-corrected chi connectivity index (χ1v) is 20.5. The lowest BCUT2D eigenvalue weighted by molar-refractivity contribution is -0.141. The van der Waals surface area contributed by atoms with E-state index in [4.69, 9.17) is 9.47 Å². The molecule has 1 aliphatic heterocycles. The van der Waals surface area contributed by atoms with E-state index >= 15 is 8.78 Å². The summed E-state index contributed by atoms with van der Waals surface area (Å²) in [5.74, 6) is -3.11. The maximum absolute atomic E-state index is 15.4. The van der Waals surface area contributed by atoms with E-state index in [-0.39, 0.29) is 46.3 Å². The number of hydrogen-bond acceptors (Lipinski definition) is 7. The quantitative estimate of drug-likeness (QED) is 0.146. The SMILES string of the molecule is CCCCCCCCC(NC(=O)OC1(C)CCCC12CC2CCCC(F)(F)c1nc2ccc(OC)cc2[nH]c1=O)C(=O)N1CCC2(CC2)[C@H]1C(=O)C(C)C. The number of rotatable bonds is 18. The van der Waals surface area contributed by atoms with Gasteiger partial charge in [0.15, 0.2) is 11.5 Å². The molecule has 1 aromatic carbocycles. The number of methoxy groups -OCH3 is 1. The van der Waals surface area contributed by atoms with Crippen molar-refractivity contribution in [2.75, 3.05) is 13.7 Å². The molecule has 4 aliphatic rings. The van der Waals surface area contributed by atoms with E-state index in [0.29, 0.717) is 37.1 Å². The smallest absolute Gasteiger partial charge is 0.408 e. The number of ketones is 1. The van der Waals surface area contributed by atoms with Gasteiger partial charge < -0.3 is 24.7 Å². The van der Waals surface area contributed by atoms with E-state index in [2.05, 4.69) is 22.2 Å². The van der Waals surface area contributed by atoms with E-state index in [1.807, 2.05) is 20.8 Å². The van der Waals surface area contributed by atoms with Crippen molar-refractivity contribution in [1.82, 2.24) is 20.2 Å². The molecule has 0 radical (unpaired) electrons. The van der Waals surface area contributed by atoms with Crippen LogP contribution in [-0.4, -0.2) is 64.0 Å². The van der Waals surface area contributed by atoms with E-state index < -0.39 is 47.4 Å². The Balaban J connectivity index is 1.08. The molecule has 298 valence electrons. The lowest BCUT2D eigenvalue weighted by atomic mass is 9.85. The van der Waals surface area contributed by atoms with Gasteiger partial charge in [-0.15, -0.1) is 0 Å². The van der Waals surface area contributed by atoms with Crippen LogP contribution in [0.4, 0.5) is 13.6 Å². The number of likely N-dealkylation sites (tertiary alicyclic amines) is 1. The third-order valence-corrected chi connectivity index (χ3v) is 13.4. The molecule has 10 nitrogen and oxygen atoms in total. The van der Waals surface area contributed by atoms with Crippen LogP contribution >= 0.6 is 0 Å². The van der Waals surface area contributed by atoms with Gasteiger partial charge in [0, 0.05) is 30.4 Å². The van der Waals surface area contributed by atoms with Crippen LogP contribution in [0, 0.1) is 22.7 Å². The number of halogens is 2. The van der Waals surface area contributed by atoms with Crippen LogP contribution in [0.15, 0.2) is 23.0 Å². The highest BCUT2D eigenvalue weighted by atomic mass is 19.3. The molecular weight excluding hydrogens is 694 g/mol. The predicted octanol–water partition coefficient (Wildman–Crippen LogP) is 8.59. The van der Waals surface area contributed by atoms with Gasteiger partial charge in [-0.3, -0.25) is 14.4 Å². The monoisotopic (exact) mass is 754 g/mol. The van der Waals surface area contributed by atoms with Gasteiger partial charge in [0.05, 0.1) is 24.2 Å². The molecule has 2 amide bonds. The average molecular weight is 755 g/mol. The molecular formula is C42H60F2N4O6. The number of ether oxygens (including phenoxy) is 2. The molecule has 3 saturated carbocycles. The molecule has 5 atom stereocenters. The third kappa shape index (κ3) is 8.04. The number of carbonyl (C=O) groups excluding carboxylic acids is 3. The minimum Gasteiger partial charge on any atom is -0.497 e. The standard InChI is InChI=1S/C42H60F2N4O6/c1-6-7-8-9-10-11-15-31(37(51)48-24-23-40(21-22-40)35(48)33(49)27(2)3)47-38(52)54-39(4)18-13-19-41(39)26-28(41)14-12-20-42(43,44)34-36(50)46-32-25-29(53-5)16-17-30(32)45-34/h16-17,25,27-28,31,35H,6-15,18-24,26H2,1-5H3,(H,46,50)(H,47,52)/t28?,31?,35-,39?,41?/m1/s1. The van der Waals surface area contributed by atoms with Gasteiger partial charge >= 0.3 is 6.09 Å². The van der Waals surface area contributed by atoms with Crippen molar-refractivity contribution in [3.8, 4) is 5.75 Å². The number of benzene rings is 1. The number of aromatic amines is 1.